The quantitative estimate of drug-likeness (QED) is 0.677. The predicted molar refractivity (Wildman–Crippen MR) is 84.4 cm³/mol. The molecule has 1 heteroatoms. The van der Waals surface area contributed by atoms with Gasteiger partial charge in [0.25, 0.3) is 0 Å². The minimum absolute atomic E-state index is 0.201. The molecule has 0 heterocycles. The van der Waals surface area contributed by atoms with Crippen LogP contribution in [0.1, 0.15) is 65.7 Å². The van der Waals surface area contributed by atoms with Crippen LogP contribution in [-0.2, 0) is 0 Å². The van der Waals surface area contributed by atoms with Crippen LogP contribution in [0.2, 0.25) is 0 Å². The summed E-state index contributed by atoms with van der Waals surface area (Å²) < 4.78 is 0. The zero-order valence-corrected chi connectivity index (χ0v) is 13.4. The molecule has 3 rings (SSSR count). The lowest BCUT2D eigenvalue weighted by atomic mass is 9.48. The van der Waals surface area contributed by atoms with Crippen molar-refractivity contribution in [2.45, 2.75) is 71.3 Å². The van der Waals surface area contributed by atoms with Gasteiger partial charge in [-0.15, -0.1) is 6.58 Å². The molecule has 0 bridgehead atoms. The number of hydrogen-bond acceptors (Lipinski definition) is 1. The largest absolute Gasteiger partial charge is 0.390 e. The molecule has 0 radical (unpaired) electrons. The number of fused-ring (bicyclic) bond motifs is 3. The van der Waals surface area contributed by atoms with E-state index in [1.807, 2.05) is 0 Å². The molecular formula is C19H30O. The standard InChI is InChI=1S/C19H30O/c1-5-17(2)12-9-15-14(13-17)7-8-16-18(15,3)10-6-11-19(16,4)20/h5,13,15-16,20H,1,6-12H2,2-4H3/t15-,16+,17+,18+,19+/m0/s1. The van der Waals surface area contributed by atoms with Crippen molar-refractivity contribution in [3.63, 3.8) is 0 Å². The van der Waals surface area contributed by atoms with E-state index < -0.39 is 5.60 Å². The van der Waals surface area contributed by atoms with Crippen molar-refractivity contribution in [1.29, 1.82) is 0 Å². The van der Waals surface area contributed by atoms with E-state index in [9.17, 15) is 5.11 Å². The first-order valence-corrected chi connectivity index (χ1v) is 8.38. The van der Waals surface area contributed by atoms with Crippen LogP contribution in [0.25, 0.3) is 0 Å². The summed E-state index contributed by atoms with van der Waals surface area (Å²) in [4.78, 5) is 0. The highest BCUT2D eigenvalue weighted by atomic mass is 16.3. The molecule has 0 aromatic rings. The first-order chi connectivity index (χ1) is 9.31. The summed E-state index contributed by atoms with van der Waals surface area (Å²) in [7, 11) is 0. The van der Waals surface area contributed by atoms with E-state index in [4.69, 9.17) is 0 Å². The maximum atomic E-state index is 10.8. The normalized spacial score (nSPS) is 51.7. The van der Waals surface area contributed by atoms with Gasteiger partial charge in [-0.2, -0.15) is 0 Å². The second-order valence-electron chi connectivity index (χ2n) is 8.33. The smallest absolute Gasteiger partial charge is 0.0653 e. The molecule has 0 aromatic carbocycles. The number of rotatable bonds is 1. The van der Waals surface area contributed by atoms with Gasteiger partial charge in [0, 0.05) is 5.41 Å². The molecule has 0 unspecified atom stereocenters. The summed E-state index contributed by atoms with van der Waals surface area (Å²) in [5.74, 6) is 1.18. The number of hydrogen-bond donors (Lipinski definition) is 1. The Morgan fingerprint density at radius 2 is 1.95 bits per heavy atom. The Labute approximate surface area is 124 Å². The first kappa shape index (κ1) is 14.4. The summed E-state index contributed by atoms with van der Waals surface area (Å²) in [6, 6.07) is 0. The highest BCUT2D eigenvalue weighted by Gasteiger charge is 2.55. The van der Waals surface area contributed by atoms with Crippen molar-refractivity contribution in [1.82, 2.24) is 0 Å². The van der Waals surface area contributed by atoms with Crippen LogP contribution >= 0.6 is 0 Å². The molecule has 0 aromatic heterocycles. The molecule has 0 aliphatic heterocycles. The fourth-order valence-electron chi connectivity index (χ4n) is 5.65. The van der Waals surface area contributed by atoms with E-state index in [1.54, 1.807) is 5.57 Å². The highest BCUT2D eigenvalue weighted by Crippen LogP contribution is 2.61. The summed E-state index contributed by atoms with van der Waals surface area (Å²) in [5.41, 5.74) is 1.73. The van der Waals surface area contributed by atoms with Crippen molar-refractivity contribution in [2.75, 3.05) is 0 Å². The molecular weight excluding hydrogens is 244 g/mol. The molecule has 112 valence electrons. The second kappa shape index (κ2) is 4.47. The average molecular weight is 274 g/mol. The third kappa shape index (κ3) is 2.01. The van der Waals surface area contributed by atoms with Crippen molar-refractivity contribution < 1.29 is 5.11 Å². The second-order valence-corrected chi connectivity index (χ2v) is 8.33. The van der Waals surface area contributed by atoms with Gasteiger partial charge in [-0.3, -0.25) is 0 Å². The lowest BCUT2D eigenvalue weighted by Crippen LogP contribution is -2.54. The van der Waals surface area contributed by atoms with Crippen LogP contribution in [-0.4, -0.2) is 10.7 Å². The van der Waals surface area contributed by atoms with Crippen molar-refractivity contribution in [3.05, 3.63) is 24.3 Å². The van der Waals surface area contributed by atoms with Crippen molar-refractivity contribution in [3.8, 4) is 0 Å². The van der Waals surface area contributed by atoms with Gasteiger partial charge < -0.3 is 5.11 Å². The van der Waals surface area contributed by atoms with E-state index in [0.717, 1.165) is 6.42 Å². The molecule has 1 N–H and O–H groups in total. The molecule has 3 aliphatic carbocycles. The van der Waals surface area contributed by atoms with E-state index in [1.165, 1.54) is 38.5 Å². The molecule has 20 heavy (non-hydrogen) atoms. The van der Waals surface area contributed by atoms with Crippen LogP contribution in [0.5, 0.6) is 0 Å². The molecule has 0 amide bonds. The Hall–Kier alpha value is -0.560. The Balaban J connectivity index is 1.97. The van der Waals surface area contributed by atoms with Crippen molar-refractivity contribution >= 4 is 0 Å². The Morgan fingerprint density at radius 3 is 2.65 bits per heavy atom. The zero-order valence-electron chi connectivity index (χ0n) is 13.4. The summed E-state index contributed by atoms with van der Waals surface area (Å²) in [5, 5.41) is 10.8. The SMILES string of the molecule is C=C[C@@]1(C)C=C2CC[C@@H]3[C@](C)(CCC[C@@]3(C)O)[C@H]2CC1. The van der Waals surface area contributed by atoms with Crippen molar-refractivity contribution in [2.24, 2.45) is 22.7 Å². The highest BCUT2D eigenvalue weighted by molar-refractivity contribution is 5.26. The summed E-state index contributed by atoms with van der Waals surface area (Å²) in [6.07, 6.45) is 12.9. The lowest BCUT2D eigenvalue weighted by molar-refractivity contribution is -0.127. The molecule has 0 spiro atoms. The van der Waals surface area contributed by atoms with E-state index >= 15 is 0 Å². The minimum Gasteiger partial charge on any atom is -0.390 e. The number of aliphatic hydroxyl groups is 1. The zero-order chi connectivity index (χ0) is 14.6. The fraction of sp³-hybridized carbons (Fsp3) is 0.789. The first-order valence-electron chi connectivity index (χ1n) is 8.38. The average Bonchev–Trinajstić information content (AvgIpc) is 2.37. The van der Waals surface area contributed by atoms with Gasteiger partial charge >= 0.3 is 0 Å². The van der Waals surface area contributed by atoms with E-state index in [2.05, 4.69) is 39.5 Å². The fourth-order valence-corrected chi connectivity index (χ4v) is 5.65. The third-order valence-corrected chi connectivity index (χ3v) is 6.86. The number of allylic oxidation sites excluding steroid dienone is 3. The predicted octanol–water partition coefficient (Wildman–Crippen LogP) is 4.87. The van der Waals surface area contributed by atoms with Crippen LogP contribution in [0.4, 0.5) is 0 Å². The molecule has 0 saturated heterocycles. The summed E-state index contributed by atoms with van der Waals surface area (Å²) >= 11 is 0. The maximum Gasteiger partial charge on any atom is 0.0653 e. The van der Waals surface area contributed by atoms with Gasteiger partial charge in [0.2, 0.25) is 0 Å². The van der Waals surface area contributed by atoms with Gasteiger partial charge in [-0.05, 0) is 62.7 Å². The summed E-state index contributed by atoms with van der Waals surface area (Å²) in [6.45, 7) is 10.9. The van der Waals surface area contributed by atoms with Crippen LogP contribution in [0.3, 0.4) is 0 Å². The topological polar surface area (TPSA) is 20.2 Å². The Bertz CT molecular complexity index is 447. The van der Waals surface area contributed by atoms with Crippen LogP contribution in [0, 0.1) is 22.7 Å². The monoisotopic (exact) mass is 274 g/mol. The minimum atomic E-state index is -0.447. The van der Waals surface area contributed by atoms with Gasteiger partial charge in [-0.1, -0.05) is 38.0 Å². The molecule has 2 saturated carbocycles. The maximum absolute atomic E-state index is 10.8. The van der Waals surface area contributed by atoms with Gasteiger partial charge in [0.15, 0.2) is 0 Å². The molecule has 3 aliphatic rings. The molecule has 5 atom stereocenters. The van der Waals surface area contributed by atoms with Crippen LogP contribution in [0.15, 0.2) is 24.3 Å². The molecule has 1 nitrogen and oxygen atoms in total. The Kier molecular flexibility index (Phi) is 3.21. The van der Waals surface area contributed by atoms with Gasteiger partial charge in [-0.25, -0.2) is 0 Å². The van der Waals surface area contributed by atoms with Gasteiger partial charge in [0.1, 0.15) is 0 Å². The van der Waals surface area contributed by atoms with E-state index in [0.29, 0.717) is 17.3 Å². The lowest BCUT2D eigenvalue weighted by Gasteiger charge is -2.58. The Morgan fingerprint density at radius 1 is 1.20 bits per heavy atom. The third-order valence-electron chi connectivity index (χ3n) is 6.86. The van der Waals surface area contributed by atoms with Gasteiger partial charge in [0.05, 0.1) is 5.60 Å². The molecule has 2 fully saturated rings. The van der Waals surface area contributed by atoms with E-state index in [-0.39, 0.29) is 5.41 Å². The van der Waals surface area contributed by atoms with Crippen LogP contribution < -0.4 is 0 Å².